The lowest BCUT2D eigenvalue weighted by molar-refractivity contribution is 0.120. The molecule has 0 aromatic carbocycles. The lowest BCUT2D eigenvalue weighted by Crippen LogP contribution is -2.40. The molecular weight excluding hydrogens is 422 g/mol. The monoisotopic (exact) mass is 453 g/mol. The van der Waals surface area contributed by atoms with Gasteiger partial charge in [-0.2, -0.15) is 15.0 Å². The van der Waals surface area contributed by atoms with Gasteiger partial charge >= 0.3 is 0 Å². The second-order valence-corrected chi connectivity index (χ2v) is 9.39. The predicted molar refractivity (Wildman–Crippen MR) is 124 cm³/mol. The Labute approximate surface area is 192 Å². The van der Waals surface area contributed by atoms with Gasteiger partial charge in [-0.05, 0) is 37.7 Å². The number of fused-ring (bicyclic) bond motifs is 2. The topological polar surface area (TPSA) is 97.6 Å². The molecule has 0 radical (unpaired) electrons. The van der Waals surface area contributed by atoms with Crippen LogP contribution in [0.1, 0.15) is 37.4 Å². The number of hydrogen-bond donors (Lipinski definition) is 1. The number of piperidine rings is 1. The van der Waals surface area contributed by atoms with Crippen molar-refractivity contribution in [2.45, 2.75) is 44.4 Å². The van der Waals surface area contributed by atoms with Crippen LogP contribution in [0.4, 0.5) is 17.8 Å². The van der Waals surface area contributed by atoms with Gasteiger partial charge in [0.2, 0.25) is 17.8 Å². The number of anilines is 3. The second-order valence-electron chi connectivity index (χ2n) is 9.39. The van der Waals surface area contributed by atoms with E-state index in [4.69, 9.17) is 24.4 Å². The molecule has 10 heteroatoms. The van der Waals surface area contributed by atoms with Crippen LogP contribution in [-0.2, 0) is 16.0 Å². The van der Waals surface area contributed by atoms with Crippen LogP contribution in [0.2, 0.25) is 0 Å². The van der Waals surface area contributed by atoms with Crippen LogP contribution < -0.4 is 20.7 Å². The predicted octanol–water partition coefficient (Wildman–Crippen LogP) is 1.43. The van der Waals surface area contributed by atoms with Crippen LogP contribution in [0.25, 0.3) is 0 Å². The Hall–Kier alpha value is -2.72. The van der Waals surface area contributed by atoms with Crippen molar-refractivity contribution < 1.29 is 9.47 Å². The van der Waals surface area contributed by atoms with E-state index in [0.29, 0.717) is 43.5 Å². The first kappa shape index (κ1) is 20.9. The summed E-state index contributed by atoms with van der Waals surface area (Å²) in [6.07, 6.45) is 4.45. The Kier molecular flexibility index (Phi) is 5.63. The maximum absolute atomic E-state index is 12.6. The number of ether oxygens (including phenoxy) is 2. The zero-order valence-corrected chi connectivity index (χ0v) is 18.9. The third-order valence-electron chi connectivity index (χ3n) is 7.22. The number of nitrogens with one attached hydrogen (secondary N) is 1. The number of morpholine rings is 1. The molecule has 0 spiro atoms. The SMILES string of the molecule is O=c1cccc2n1CC1CCC2N(c2nc(NCC3CCCO3)nc(N3CCOCC3)n2)C1. The van der Waals surface area contributed by atoms with Gasteiger partial charge in [-0.3, -0.25) is 4.79 Å². The highest BCUT2D eigenvalue weighted by Crippen LogP contribution is 2.39. The van der Waals surface area contributed by atoms with Crippen molar-refractivity contribution in [3.05, 3.63) is 34.2 Å². The van der Waals surface area contributed by atoms with Gasteiger partial charge in [0.1, 0.15) is 0 Å². The second kappa shape index (κ2) is 8.90. The summed E-state index contributed by atoms with van der Waals surface area (Å²) < 4.78 is 13.3. The smallest absolute Gasteiger partial charge is 0.250 e. The minimum atomic E-state index is 0.0785. The van der Waals surface area contributed by atoms with Gasteiger partial charge in [-0.15, -0.1) is 0 Å². The molecule has 0 amide bonds. The average Bonchev–Trinajstić information content (AvgIpc) is 3.25. The molecule has 3 atom stereocenters. The number of rotatable bonds is 5. The van der Waals surface area contributed by atoms with Crippen LogP contribution in [0, 0.1) is 5.92 Å². The lowest BCUT2D eigenvalue weighted by atomic mass is 9.94. The van der Waals surface area contributed by atoms with E-state index in [-0.39, 0.29) is 17.7 Å². The van der Waals surface area contributed by atoms with E-state index in [2.05, 4.69) is 21.2 Å². The van der Waals surface area contributed by atoms with Crippen LogP contribution in [0.5, 0.6) is 0 Å². The van der Waals surface area contributed by atoms with Gasteiger partial charge in [0.15, 0.2) is 0 Å². The van der Waals surface area contributed by atoms with E-state index in [9.17, 15) is 4.79 Å². The summed E-state index contributed by atoms with van der Waals surface area (Å²) in [6.45, 7) is 5.98. The number of nitrogens with zero attached hydrogens (tertiary/aromatic N) is 6. The van der Waals surface area contributed by atoms with Crippen LogP contribution >= 0.6 is 0 Å². The van der Waals surface area contributed by atoms with Crippen LogP contribution in [0.3, 0.4) is 0 Å². The van der Waals surface area contributed by atoms with Crippen LogP contribution in [-0.4, -0.2) is 71.6 Å². The Bertz CT molecular complexity index is 1050. The Morgan fingerprint density at radius 3 is 2.73 bits per heavy atom. The zero-order chi connectivity index (χ0) is 22.2. The quantitative estimate of drug-likeness (QED) is 0.721. The average molecular weight is 454 g/mol. The van der Waals surface area contributed by atoms with Gasteiger partial charge in [0.05, 0.1) is 25.4 Å². The highest BCUT2D eigenvalue weighted by atomic mass is 16.5. The summed E-state index contributed by atoms with van der Waals surface area (Å²) in [7, 11) is 0. The molecule has 1 N–H and O–H groups in total. The van der Waals surface area contributed by atoms with Crippen molar-refractivity contribution >= 4 is 17.8 Å². The molecule has 2 aromatic heterocycles. The van der Waals surface area contributed by atoms with E-state index in [0.717, 1.165) is 64.2 Å². The van der Waals surface area contributed by atoms with Gasteiger partial charge in [0, 0.05) is 51.1 Å². The summed E-state index contributed by atoms with van der Waals surface area (Å²) in [4.78, 5) is 31.6. The normalized spacial score (nSPS) is 26.8. The molecule has 3 saturated heterocycles. The fourth-order valence-corrected chi connectivity index (χ4v) is 5.48. The molecule has 10 nitrogen and oxygen atoms in total. The largest absolute Gasteiger partial charge is 0.378 e. The Balaban J connectivity index is 1.35. The zero-order valence-electron chi connectivity index (χ0n) is 18.9. The number of pyridine rings is 1. The standard InChI is InChI=1S/C23H31N7O3/c31-20-5-1-4-18-19-7-6-16(14-29(18)20)15-30(19)23-26-21(24-13-17-3-2-10-33-17)25-22(27-23)28-8-11-32-12-9-28/h1,4-5,16-17,19H,2-3,6-15H2,(H,24,25,26,27). The molecule has 2 aromatic rings. The molecule has 5 aliphatic rings. The molecule has 176 valence electrons. The van der Waals surface area contributed by atoms with Crippen molar-refractivity contribution in [2.24, 2.45) is 5.92 Å². The molecule has 3 unspecified atom stereocenters. The van der Waals surface area contributed by atoms with Crippen molar-refractivity contribution in [1.82, 2.24) is 19.5 Å². The Morgan fingerprint density at radius 1 is 1.00 bits per heavy atom. The lowest BCUT2D eigenvalue weighted by Gasteiger charge is -2.37. The number of aromatic nitrogens is 4. The van der Waals surface area contributed by atoms with Gasteiger partial charge in [-0.25, -0.2) is 0 Å². The minimum Gasteiger partial charge on any atom is -0.378 e. The van der Waals surface area contributed by atoms with E-state index in [1.165, 1.54) is 0 Å². The molecule has 7 rings (SSSR count). The van der Waals surface area contributed by atoms with E-state index in [1.54, 1.807) is 6.07 Å². The van der Waals surface area contributed by atoms with E-state index in [1.807, 2.05) is 10.6 Å². The molecule has 7 heterocycles. The molecule has 0 aliphatic carbocycles. The minimum absolute atomic E-state index is 0.0785. The highest BCUT2D eigenvalue weighted by molar-refractivity contribution is 5.47. The van der Waals surface area contributed by atoms with Crippen molar-refractivity contribution in [2.75, 3.05) is 61.1 Å². The van der Waals surface area contributed by atoms with Gasteiger partial charge < -0.3 is 29.2 Å². The summed E-state index contributed by atoms with van der Waals surface area (Å²) in [5.41, 5.74) is 1.14. The summed E-state index contributed by atoms with van der Waals surface area (Å²) >= 11 is 0. The van der Waals surface area contributed by atoms with Gasteiger partial charge in [-0.1, -0.05) is 6.07 Å². The van der Waals surface area contributed by atoms with Crippen LogP contribution in [0.15, 0.2) is 23.0 Å². The highest BCUT2D eigenvalue weighted by Gasteiger charge is 2.37. The van der Waals surface area contributed by atoms with Crippen molar-refractivity contribution in [3.8, 4) is 0 Å². The molecule has 3 fully saturated rings. The molecule has 33 heavy (non-hydrogen) atoms. The Morgan fingerprint density at radius 2 is 1.88 bits per heavy atom. The third kappa shape index (κ3) is 4.17. The fourth-order valence-electron chi connectivity index (χ4n) is 5.48. The molecule has 0 saturated carbocycles. The fraction of sp³-hybridized carbons (Fsp3) is 0.652. The summed E-state index contributed by atoms with van der Waals surface area (Å²) in [5.74, 6) is 2.35. The first-order valence-corrected chi connectivity index (χ1v) is 12.2. The third-order valence-corrected chi connectivity index (χ3v) is 7.22. The summed E-state index contributed by atoms with van der Waals surface area (Å²) in [6, 6.07) is 5.69. The van der Waals surface area contributed by atoms with Crippen molar-refractivity contribution in [3.63, 3.8) is 0 Å². The van der Waals surface area contributed by atoms with E-state index >= 15 is 0 Å². The van der Waals surface area contributed by atoms with E-state index < -0.39 is 0 Å². The van der Waals surface area contributed by atoms with Crippen molar-refractivity contribution in [1.29, 1.82) is 0 Å². The molecule has 5 aliphatic heterocycles. The summed E-state index contributed by atoms with van der Waals surface area (Å²) in [5, 5.41) is 3.41. The molecular formula is C23H31N7O3. The van der Waals surface area contributed by atoms with Gasteiger partial charge in [0.25, 0.3) is 5.56 Å². The first-order valence-electron chi connectivity index (χ1n) is 12.2. The molecule has 2 bridgehead atoms. The first-order chi connectivity index (χ1) is 16.2. The number of hydrogen-bond acceptors (Lipinski definition) is 9. The maximum atomic E-state index is 12.6. The maximum Gasteiger partial charge on any atom is 0.250 e.